The van der Waals surface area contributed by atoms with Crippen LogP contribution in [-0.4, -0.2) is 55.1 Å². The molecule has 0 fully saturated rings. The molecule has 0 aromatic heterocycles. The van der Waals surface area contributed by atoms with Gasteiger partial charge in [-0.25, -0.2) is 12.8 Å². The van der Waals surface area contributed by atoms with Crippen molar-refractivity contribution in [3.05, 3.63) is 10.1 Å². The second-order valence-electron chi connectivity index (χ2n) is 9.35. The van der Waals surface area contributed by atoms with Crippen molar-refractivity contribution in [3.8, 4) is 0 Å². The van der Waals surface area contributed by atoms with Crippen LogP contribution in [0, 0.1) is 16.0 Å². The van der Waals surface area contributed by atoms with E-state index < -0.39 is 22.1 Å². The Morgan fingerprint density at radius 3 is 1.00 bits per heavy atom. The molecule has 196 valence electrons. The molecule has 0 unspecified atom stereocenters. The summed E-state index contributed by atoms with van der Waals surface area (Å²) in [5.41, 5.74) is 0. The first-order chi connectivity index (χ1) is 13.3. The predicted molar refractivity (Wildman–Crippen MR) is 137 cm³/mol. The fourth-order valence-corrected chi connectivity index (χ4v) is 0. The second kappa shape index (κ2) is 25.8. The number of nitrogens with zero attached hydrogens (tertiary/aromatic N) is 1. The molecule has 0 rings (SSSR count). The summed E-state index contributed by atoms with van der Waals surface area (Å²) in [6, 6.07) is -0.426. The minimum atomic E-state index is -2.74. The number of hydrogen-bond donors (Lipinski definition) is 0. The molecule has 9 heteroatoms. The smallest absolute Gasteiger partial charge is 0.207 e. The molecule has 31 heavy (non-hydrogen) atoms. The number of halogens is 2. The van der Waals surface area contributed by atoms with Crippen molar-refractivity contribution in [2.75, 3.05) is 13.4 Å². The Balaban J connectivity index is -0.0000000612. The van der Waals surface area contributed by atoms with E-state index in [1.807, 2.05) is 34.6 Å². The topological polar surface area (TPSA) is 86.5 Å². The molecule has 0 saturated carbocycles. The van der Waals surface area contributed by atoms with Crippen LogP contribution in [0.1, 0.15) is 96.9 Å². The maximum Gasteiger partial charge on any atom is 0.207 e. The zero-order chi connectivity index (χ0) is 27.2. The largest absolute Gasteiger partial charge is 0.382 e. The van der Waals surface area contributed by atoms with E-state index >= 15 is 0 Å². The van der Waals surface area contributed by atoms with E-state index in [1.54, 1.807) is 34.8 Å². The third-order valence-corrected chi connectivity index (χ3v) is 3.46. The molecule has 0 atom stereocenters. The normalized spacial score (nSPS) is 10.4. The van der Waals surface area contributed by atoms with Crippen LogP contribution in [0.3, 0.4) is 0 Å². The van der Waals surface area contributed by atoms with Crippen LogP contribution in [0.15, 0.2) is 0 Å². The highest BCUT2D eigenvalue weighted by Gasteiger charge is 2.05. The number of rotatable bonds is 3. The molecule has 0 radical (unpaired) electrons. The van der Waals surface area contributed by atoms with Crippen LogP contribution in [0.4, 0.5) is 4.39 Å². The Morgan fingerprint density at radius 1 is 0.903 bits per heavy atom. The van der Waals surface area contributed by atoms with Gasteiger partial charge in [0.05, 0.1) is 17.5 Å². The van der Waals surface area contributed by atoms with Gasteiger partial charge in [0, 0.05) is 37.0 Å². The molecule has 6 nitrogen and oxygen atoms in total. The van der Waals surface area contributed by atoms with Gasteiger partial charge >= 0.3 is 0 Å². The van der Waals surface area contributed by atoms with E-state index in [2.05, 4.69) is 20.8 Å². The summed E-state index contributed by atoms with van der Waals surface area (Å²) in [6.45, 7) is 25.8. The molecule has 0 heterocycles. The van der Waals surface area contributed by atoms with Gasteiger partial charge in [0.1, 0.15) is 9.84 Å². The molecule has 0 bridgehead atoms. The SMILES string of the molecule is CC(C)(C)Cl.CC(C)C.CC(C)F.CC(C)S(C)(=O)=O.CC(C)[N+](=O)[O-].COC(C)C. The van der Waals surface area contributed by atoms with Crippen molar-refractivity contribution >= 4 is 21.4 Å². The van der Waals surface area contributed by atoms with E-state index in [-0.39, 0.29) is 15.0 Å². The summed E-state index contributed by atoms with van der Waals surface area (Å²) >= 11 is 5.53. The van der Waals surface area contributed by atoms with Crippen molar-refractivity contribution in [2.24, 2.45) is 5.92 Å². The van der Waals surface area contributed by atoms with Gasteiger partial charge in [-0.15, -0.1) is 11.6 Å². The second-order valence-corrected chi connectivity index (χ2v) is 13.1. The molecule has 0 aromatic rings. The van der Waals surface area contributed by atoms with Crippen molar-refractivity contribution in [2.45, 2.75) is 125 Å². The average Bonchev–Trinajstić information content (AvgIpc) is 2.44. The molecule has 0 saturated heterocycles. The van der Waals surface area contributed by atoms with Crippen molar-refractivity contribution in [1.82, 2.24) is 0 Å². The average molecular weight is 498 g/mol. The van der Waals surface area contributed by atoms with Crippen LogP contribution in [0.2, 0.25) is 0 Å². The maximum absolute atomic E-state index is 11.0. The highest BCUT2D eigenvalue weighted by Crippen LogP contribution is 2.08. The van der Waals surface area contributed by atoms with Crippen LogP contribution in [0.5, 0.6) is 0 Å². The lowest BCUT2D eigenvalue weighted by atomic mass is 10.3. The van der Waals surface area contributed by atoms with Gasteiger partial charge in [0.2, 0.25) is 6.04 Å². The van der Waals surface area contributed by atoms with E-state index in [1.165, 1.54) is 20.1 Å². The van der Waals surface area contributed by atoms with E-state index in [0.29, 0.717) is 6.10 Å². The Morgan fingerprint density at radius 2 is 1.00 bits per heavy atom. The van der Waals surface area contributed by atoms with Gasteiger partial charge in [-0.2, -0.15) is 0 Å². The minimum Gasteiger partial charge on any atom is -0.382 e. The van der Waals surface area contributed by atoms with Crippen LogP contribution < -0.4 is 0 Å². The molecule has 0 aliphatic heterocycles. The fourth-order valence-electron chi connectivity index (χ4n) is 0. The third kappa shape index (κ3) is 168. The first-order valence-corrected chi connectivity index (χ1v) is 12.8. The fraction of sp³-hybridized carbons (Fsp3) is 1.00. The molecule has 0 aliphatic rings. The van der Waals surface area contributed by atoms with Crippen molar-refractivity contribution in [3.63, 3.8) is 0 Å². The number of ether oxygens (including phenoxy) is 1. The van der Waals surface area contributed by atoms with Gasteiger partial charge < -0.3 is 4.74 Å². The molecule has 0 N–H and O–H groups in total. The van der Waals surface area contributed by atoms with E-state index in [0.717, 1.165) is 5.92 Å². The highest BCUT2D eigenvalue weighted by atomic mass is 35.5. The Bertz CT molecular complexity index is 444. The van der Waals surface area contributed by atoms with Crippen LogP contribution >= 0.6 is 11.6 Å². The number of sulfone groups is 1. The lowest BCUT2D eigenvalue weighted by molar-refractivity contribution is -0.513. The number of hydrogen-bond acceptors (Lipinski definition) is 5. The number of nitro groups is 1. The van der Waals surface area contributed by atoms with Crippen LogP contribution in [0.25, 0.3) is 0 Å². The first kappa shape index (κ1) is 44.2. The molecular formula is C22H53ClFNO5S. The maximum atomic E-state index is 11.0. The highest BCUT2D eigenvalue weighted by molar-refractivity contribution is 7.91. The lowest BCUT2D eigenvalue weighted by Gasteiger charge is -2.01. The quantitative estimate of drug-likeness (QED) is 0.233. The minimum absolute atomic E-state index is 0.0278. The van der Waals surface area contributed by atoms with Gasteiger partial charge in [-0.3, -0.25) is 10.1 Å². The first-order valence-electron chi connectivity index (χ1n) is 10.5. The Labute approximate surface area is 198 Å². The number of alkyl halides is 2. The van der Waals surface area contributed by atoms with Gasteiger partial charge in [-0.1, -0.05) is 20.8 Å². The molecule has 0 aliphatic carbocycles. The van der Waals surface area contributed by atoms with Gasteiger partial charge in [-0.05, 0) is 68.2 Å². The lowest BCUT2D eigenvalue weighted by Crippen LogP contribution is -2.10. The predicted octanol–water partition coefficient (Wildman–Crippen LogP) is 7.20. The summed E-state index contributed by atoms with van der Waals surface area (Å²) in [7, 11) is -1.04. The Kier molecular flexibility index (Phi) is 36.8. The summed E-state index contributed by atoms with van der Waals surface area (Å²) in [4.78, 5) is 9.14. The standard InChI is InChI=1S/C4H9Cl.C4H10O2S.C4H10O.C4H10.C3H7F.C3H7NO2/c1-4(2,3)5;1-4(2)7(3,5)6;1-4(2)5-3;1-4(2)3;1-3(2)4;1-3(2)4(5)6/h1-3H3;4H,1-3H3;4H,1-3H3;4H,1-3H3;3H,1-2H3;3H,1-2H3. The van der Waals surface area contributed by atoms with Gasteiger partial charge in [0.25, 0.3) is 0 Å². The Hall–Kier alpha value is -0.470. The van der Waals surface area contributed by atoms with Gasteiger partial charge in [0.15, 0.2) is 0 Å². The molecular weight excluding hydrogens is 445 g/mol. The monoisotopic (exact) mass is 497 g/mol. The summed E-state index contributed by atoms with van der Waals surface area (Å²) in [5, 5.41) is 9.28. The zero-order valence-electron chi connectivity index (χ0n) is 23.0. The zero-order valence-corrected chi connectivity index (χ0v) is 24.6. The summed E-state index contributed by atoms with van der Waals surface area (Å²) in [6.07, 6.45) is 0.951. The van der Waals surface area contributed by atoms with E-state index in [9.17, 15) is 22.9 Å². The van der Waals surface area contributed by atoms with Crippen molar-refractivity contribution < 1.29 is 22.5 Å². The van der Waals surface area contributed by atoms with Crippen LogP contribution in [-0.2, 0) is 14.6 Å². The summed E-state index contributed by atoms with van der Waals surface area (Å²) < 4.78 is 36.4. The van der Waals surface area contributed by atoms with Crippen molar-refractivity contribution in [1.29, 1.82) is 0 Å². The molecule has 0 spiro atoms. The number of methoxy groups -OCH3 is 1. The molecule has 0 aromatic carbocycles. The van der Waals surface area contributed by atoms with E-state index in [4.69, 9.17) is 16.3 Å². The summed E-state index contributed by atoms with van der Waals surface area (Å²) in [5.74, 6) is 0.833. The third-order valence-electron chi connectivity index (χ3n) is 1.75. The molecule has 0 amide bonds.